The minimum Gasteiger partial charge on any atom is -0.384 e. The molecule has 0 unspecified atom stereocenters. The number of nitrogen functional groups attached to an aromatic ring is 1. The van der Waals surface area contributed by atoms with Crippen LogP contribution in [0.2, 0.25) is 0 Å². The average molecular weight is 264 g/mol. The molecule has 0 aliphatic rings. The van der Waals surface area contributed by atoms with Gasteiger partial charge in [0, 0.05) is 13.1 Å². The summed E-state index contributed by atoms with van der Waals surface area (Å²) >= 11 is 2.13. The smallest absolute Gasteiger partial charge is 0.142 e. The van der Waals surface area contributed by atoms with Crippen LogP contribution in [0.15, 0.2) is 6.07 Å². The van der Waals surface area contributed by atoms with Gasteiger partial charge in [0.15, 0.2) is 0 Å². The van der Waals surface area contributed by atoms with E-state index in [-0.39, 0.29) is 0 Å². The van der Waals surface area contributed by atoms with Crippen LogP contribution in [0.5, 0.6) is 0 Å². The molecule has 0 spiro atoms. The van der Waals surface area contributed by atoms with Crippen LogP contribution < -0.4 is 8.85 Å². The van der Waals surface area contributed by atoms with E-state index in [4.69, 9.17) is 5.73 Å². The van der Waals surface area contributed by atoms with Crippen molar-refractivity contribution >= 4 is 34.5 Å². The van der Waals surface area contributed by atoms with Gasteiger partial charge in [-0.2, -0.15) is 0 Å². The second-order valence-corrected chi connectivity index (χ2v) is 3.62. The lowest BCUT2D eigenvalue weighted by Gasteiger charge is -2.08. The first-order valence-electron chi connectivity index (χ1n) is 3.10. The SMILES string of the molecule is Cc1nc(N)cc(N(C)I)n1. The van der Waals surface area contributed by atoms with Gasteiger partial charge in [-0.25, -0.2) is 9.97 Å². The molecule has 0 aliphatic carbocycles. The van der Waals surface area contributed by atoms with Crippen LogP contribution >= 0.6 is 22.9 Å². The van der Waals surface area contributed by atoms with Gasteiger partial charge in [0.2, 0.25) is 0 Å². The van der Waals surface area contributed by atoms with Crippen molar-refractivity contribution in [2.75, 3.05) is 15.9 Å². The number of aromatic nitrogens is 2. The van der Waals surface area contributed by atoms with Gasteiger partial charge in [-0.05, 0) is 6.92 Å². The molecule has 5 heteroatoms. The topological polar surface area (TPSA) is 55.0 Å². The number of anilines is 2. The highest BCUT2D eigenvalue weighted by Crippen LogP contribution is 2.14. The lowest BCUT2D eigenvalue weighted by Crippen LogP contribution is -2.05. The standard InChI is InChI=1S/C6H9IN4/c1-4-9-5(8)3-6(10-4)11(2)7/h3H,1-2H3,(H2,8,9,10). The first kappa shape index (κ1) is 8.51. The summed E-state index contributed by atoms with van der Waals surface area (Å²) in [5, 5.41) is 0. The highest BCUT2D eigenvalue weighted by atomic mass is 127. The highest BCUT2D eigenvalue weighted by molar-refractivity contribution is 14.1. The monoisotopic (exact) mass is 264 g/mol. The molecule has 1 aromatic rings. The van der Waals surface area contributed by atoms with Crippen molar-refractivity contribution < 1.29 is 0 Å². The Balaban J connectivity index is 3.08. The van der Waals surface area contributed by atoms with E-state index in [2.05, 4.69) is 32.8 Å². The molecule has 0 fully saturated rings. The molecule has 0 aliphatic heterocycles. The van der Waals surface area contributed by atoms with Crippen molar-refractivity contribution in [3.8, 4) is 0 Å². The third-order valence-corrected chi connectivity index (χ3v) is 1.65. The summed E-state index contributed by atoms with van der Waals surface area (Å²) in [6.45, 7) is 1.82. The van der Waals surface area contributed by atoms with Gasteiger partial charge in [-0.15, -0.1) is 0 Å². The van der Waals surface area contributed by atoms with Crippen LogP contribution in [-0.4, -0.2) is 17.0 Å². The fourth-order valence-electron chi connectivity index (χ4n) is 0.732. The fourth-order valence-corrected chi connectivity index (χ4v) is 0.979. The Hall–Kier alpha value is -0.590. The molecule has 0 saturated heterocycles. The number of rotatable bonds is 1. The van der Waals surface area contributed by atoms with Crippen LogP contribution in [0.4, 0.5) is 11.6 Å². The third kappa shape index (κ3) is 2.18. The molecule has 11 heavy (non-hydrogen) atoms. The Labute approximate surface area is 79.3 Å². The Kier molecular flexibility index (Phi) is 2.48. The second kappa shape index (κ2) is 3.21. The minimum absolute atomic E-state index is 0.510. The summed E-state index contributed by atoms with van der Waals surface area (Å²) in [6.07, 6.45) is 0. The summed E-state index contributed by atoms with van der Waals surface area (Å²) in [5.41, 5.74) is 5.52. The number of hydrogen-bond acceptors (Lipinski definition) is 4. The fraction of sp³-hybridized carbons (Fsp3) is 0.333. The maximum absolute atomic E-state index is 5.52. The zero-order valence-electron chi connectivity index (χ0n) is 6.37. The van der Waals surface area contributed by atoms with Crippen molar-refractivity contribution in [2.45, 2.75) is 6.92 Å². The van der Waals surface area contributed by atoms with E-state index < -0.39 is 0 Å². The predicted molar refractivity (Wildman–Crippen MR) is 53.6 cm³/mol. The van der Waals surface area contributed by atoms with Crippen LogP contribution in [-0.2, 0) is 0 Å². The van der Waals surface area contributed by atoms with Crippen molar-refractivity contribution in [1.82, 2.24) is 9.97 Å². The summed E-state index contributed by atoms with van der Waals surface area (Å²) in [7, 11) is 1.90. The van der Waals surface area contributed by atoms with Gasteiger partial charge in [0.1, 0.15) is 17.5 Å². The van der Waals surface area contributed by atoms with Gasteiger partial charge in [-0.3, -0.25) is 0 Å². The molecule has 0 atom stereocenters. The van der Waals surface area contributed by atoms with Crippen LogP contribution in [0.1, 0.15) is 5.82 Å². The lowest BCUT2D eigenvalue weighted by atomic mass is 10.5. The van der Waals surface area contributed by atoms with E-state index in [0.29, 0.717) is 11.6 Å². The lowest BCUT2D eigenvalue weighted by molar-refractivity contribution is 1.05. The average Bonchev–Trinajstić information content (AvgIpc) is 1.85. The van der Waals surface area contributed by atoms with Crippen LogP contribution in [0, 0.1) is 6.92 Å². The number of nitrogens with zero attached hydrogens (tertiary/aromatic N) is 3. The molecular formula is C6H9IN4. The van der Waals surface area contributed by atoms with E-state index in [1.165, 1.54) is 0 Å². The Morgan fingerprint density at radius 1 is 1.55 bits per heavy atom. The molecular weight excluding hydrogens is 255 g/mol. The van der Waals surface area contributed by atoms with Crippen LogP contribution in [0.3, 0.4) is 0 Å². The molecule has 1 heterocycles. The van der Waals surface area contributed by atoms with E-state index in [9.17, 15) is 0 Å². The van der Waals surface area contributed by atoms with Gasteiger partial charge >= 0.3 is 0 Å². The summed E-state index contributed by atoms with van der Waals surface area (Å²) < 4.78 is 1.86. The maximum Gasteiger partial charge on any atom is 0.142 e. The van der Waals surface area contributed by atoms with Crippen molar-refractivity contribution in [3.05, 3.63) is 11.9 Å². The number of halogens is 1. The molecule has 1 rings (SSSR count). The van der Waals surface area contributed by atoms with Gasteiger partial charge < -0.3 is 8.85 Å². The normalized spacial score (nSPS) is 9.73. The number of nitrogens with two attached hydrogens (primary N) is 1. The van der Waals surface area contributed by atoms with E-state index >= 15 is 0 Å². The Morgan fingerprint density at radius 2 is 2.18 bits per heavy atom. The second-order valence-electron chi connectivity index (χ2n) is 2.18. The summed E-state index contributed by atoms with van der Waals surface area (Å²) in [6, 6.07) is 1.74. The van der Waals surface area contributed by atoms with Gasteiger partial charge in [0.05, 0.1) is 22.9 Å². The zero-order valence-corrected chi connectivity index (χ0v) is 8.53. The Bertz CT molecular complexity index is 241. The van der Waals surface area contributed by atoms with Gasteiger partial charge in [0.25, 0.3) is 0 Å². The molecule has 0 radical (unpaired) electrons. The zero-order chi connectivity index (χ0) is 8.43. The van der Waals surface area contributed by atoms with Crippen LogP contribution in [0.25, 0.3) is 0 Å². The molecule has 4 nitrogen and oxygen atoms in total. The molecule has 2 N–H and O–H groups in total. The summed E-state index contributed by atoms with van der Waals surface area (Å²) in [5.74, 6) is 2.04. The largest absolute Gasteiger partial charge is 0.384 e. The molecule has 1 aromatic heterocycles. The molecule has 0 amide bonds. The van der Waals surface area contributed by atoms with Crippen molar-refractivity contribution in [2.24, 2.45) is 0 Å². The van der Waals surface area contributed by atoms with E-state index in [1.807, 2.05) is 17.1 Å². The first-order valence-corrected chi connectivity index (χ1v) is 4.07. The number of hydrogen-bond donors (Lipinski definition) is 1. The molecule has 0 bridgehead atoms. The first-order chi connectivity index (χ1) is 5.09. The molecule has 0 aromatic carbocycles. The number of aryl methyl sites for hydroxylation is 1. The van der Waals surface area contributed by atoms with E-state index in [1.54, 1.807) is 6.07 Å². The van der Waals surface area contributed by atoms with Crippen molar-refractivity contribution in [1.29, 1.82) is 0 Å². The van der Waals surface area contributed by atoms with Crippen molar-refractivity contribution in [3.63, 3.8) is 0 Å². The molecule has 0 saturated carbocycles. The Morgan fingerprint density at radius 3 is 2.64 bits per heavy atom. The van der Waals surface area contributed by atoms with E-state index in [0.717, 1.165) is 5.82 Å². The quantitative estimate of drug-likeness (QED) is 0.610. The van der Waals surface area contributed by atoms with Gasteiger partial charge in [-0.1, -0.05) is 0 Å². The highest BCUT2D eigenvalue weighted by Gasteiger charge is 2.00. The third-order valence-electron chi connectivity index (χ3n) is 1.16. The minimum atomic E-state index is 0.510. The summed E-state index contributed by atoms with van der Waals surface area (Å²) in [4.78, 5) is 8.11. The molecule has 60 valence electrons. The predicted octanol–water partition coefficient (Wildman–Crippen LogP) is 1.15. The maximum atomic E-state index is 5.52.